The van der Waals surface area contributed by atoms with Crippen LogP contribution in [0.15, 0.2) is 0 Å². The number of hydrogen-bond acceptors (Lipinski definition) is 3. The van der Waals surface area contributed by atoms with Crippen LogP contribution in [0.4, 0.5) is 0 Å². The van der Waals surface area contributed by atoms with E-state index in [9.17, 15) is 4.79 Å². The molecule has 0 amide bonds. The summed E-state index contributed by atoms with van der Waals surface area (Å²) in [7, 11) is 3.59. The zero-order valence-electron chi connectivity index (χ0n) is 5.79. The summed E-state index contributed by atoms with van der Waals surface area (Å²) >= 11 is 0. The van der Waals surface area contributed by atoms with Gasteiger partial charge in [-0.25, -0.2) is 0 Å². The fraction of sp³-hybridized carbons (Fsp3) is 0.833. The van der Waals surface area contributed by atoms with E-state index in [1.165, 1.54) is 0 Å². The van der Waals surface area contributed by atoms with E-state index < -0.39 is 0 Å². The van der Waals surface area contributed by atoms with Crippen LogP contribution >= 0.6 is 21.6 Å². The highest BCUT2D eigenvalue weighted by atomic mass is 33.1. The van der Waals surface area contributed by atoms with Gasteiger partial charge in [0.2, 0.25) is 0 Å². The van der Waals surface area contributed by atoms with E-state index >= 15 is 0 Å². The third kappa shape index (κ3) is 6.25. The van der Waals surface area contributed by atoms with Crippen LogP contribution in [-0.2, 0) is 4.79 Å². The van der Waals surface area contributed by atoms with Crippen molar-refractivity contribution < 1.29 is 4.79 Å². The molecule has 0 radical (unpaired) electrons. The minimum absolute atomic E-state index is 0.616. The van der Waals surface area contributed by atoms with E-state index in [0.717, 1.165) is 12.7 Å². The lowest BCUT2D eigenvalue weighted by atomic mass is 10.3. The maximum atomic E-state index is 9.90. The van der Waals surface area contributed by atoms with Gasteiger partial charge in [0, 0.05) is 11.7 Å². The molecule has 1 atom stereocenters. The van der Waals surface area contributed by atoms with Crippen molar-refractivity contribution in [1.82, 2.24) is 0 Å². The van der Waals surface area contributed by atoms with Crippen molar-refractivity contribution in [2.45, 2.75) is 25.0 Å². The topological polar surface area (TPSA) is 17.1 Å². The van der Waals surface area contributed by atoms with E-state index in [1.807, 2.05) is 10.8 Å². The largest absolute Gasteiger partial charge is 0.303 e. The molecule has 0 aliphatic rings. The Morgan fingerprint density at radius 2 is 2.33 bits per heavy atom. The van der Waals surface area contributed by atoms with Gasteiger partial charge in [-0.2, -0.15) is 0 Å². The zero-order valence-corrected chi connectivity index (χ0v) is 7.43. The quantitative estimate of drug-likeness (QED) is 0.458. The number of carbonyl (C=O) groups is 1. The summed E-state index contributed by atoms with van der Waals surface area (Å²) in [5.74, 6) is 0. The average molecular weight is 164 g/mol. The molecule has 0 fully saturated rings. The van der Waals surface area contributed by atoms with Crippen molar-refractivity contribution >= 4 is 27.9 Å². The molecule has 54 valence electrons. The van der Waals surface area contributed by atoms with Crippen molar-refractivity contribution in [3.8, 4) is 0 Å². The molecule has 0 aromatic heterocycles. The maximum absolute atomic E-state index is 9.90. The Kier molecular flexibility index (Phi) is 6.76. The summed E-state index contributed by atoms with van der Waals surface area (Å²) in [5.41, 5.74) is 0. The Hall–Kier alpha value is 0.370. The molecule has 0 aliphatic carbocycles. The highest BCUT2D eigenvalue weighted by molar-refractivity contribution is 8.76. The van der Waals surface area contributed by atoms with Crippen LogP contribution in [0.1, 0.15) is 19.8 Å². The molecule has 0 rings (SSSR count). The van der Waals surface area contributed by atoms with Crippen molar-refractivity contribution in [1.29, 1.82) is 0 Å². The molecular weight excluding hydrogens is 152 g/mol. The first-order valence-electron chi connectivity index (χ1n) is 2.94. The summed E-state index contributed by atoms with van der Waals surface area (Å²) in [5, 5.41) is 0.616. The molecule has 0 aromatic rings. The van der Waals surface area contributed by atoms with Gasteiger partial charge in [-0.1, -0.05) is 28.5 Å². The van der Waals surface area contributed by atoms with Crippen LogP contribution < -0.4 is 0 Å². The smallest absolute Gasteiger partial charge is 0.120 e. The van der Waals surface area contributed by atoms with Gasteiger partial charge in [0.05, 0.1) is 0 Å². The van der Waals surface area contributed by atoms with E-state index in [0.29, 0.717) is 11.7 Å². The Morgan fingerprint density at radius 1 is 1.67 bits per heavy atom. The zero-order chi connectivity index (χ0) is 7.11. The number of carbonyl (C=O) groups excluding carboxylic acids is 1. The normalized spacial score (nSPS) is 13.1. The minimum atomic E-state index is 0.616. The molecule has 0 heterocycles. The number of hydrogen-bond donors (Lipinski definition) is 0. The highest BCUT2D eigenvalue weighted by Crippen LogP contribution is 2.25. The standard InChI is InChI=1S/C6H12OS2/c1-6(9-8-2)4-3-5-7/h5-6H,3-4H2,1-2H3/t6-/m1/s1. The third-order valence-electron chi connectivity index (χ3n) is 0.952. The molecule has 9 heavy (non-hydrogen) atoms. The Balaban J connectivity index is 3.04. The summed E-state index contributed by atoms with van der Waals surface area (Å²) in [6.07, 6.45) is 4.75. The van der Waals surface area contributed by atoms with Crippen LogP contribution in [0.2, 0.25) is 0 Å². The van der Waals surface area contributed by atoms with Gasteiger partial charge >= 0.3 is 0 Å². The molecular formula is C6H12OS2. The van der Waals surface area contributed by atoms with Crippen LogP contribution in [0.3, 0.4) is 0 Å². The fourth-order valence-electron chi connectivity index (χ4n) is 0.515. The second-order valence-electron chi connectivity index (χ2n) is 1.82. The van der Waals surface area contributed by atoms with E-state index in [-0.39, 0.29) is 0 Å². The van der Waals surface area contributed by atoms with Gasteiger partial charge in [0.15, 0.2) is 0 Å². The third-order valence-corrected chi connectivity index (χ3v) is 3.27. The van der Waals surface area contributed by atoms with Gasteiger partial charge in [-0.15, -0.1) is 0 Å². The Labute approximate surface area is 64.4 Å². The van der Waals surface area contributed by atoms with Gasteiger partial charge in [-0.3, -0.25) is 0 Å². The summed E-state index contributed by atoms with van der Waals surface area (Å²) in [6.45, 7) is 2.14. The number of rotatable bonds is 5. The lowest BCUT2D eigenvalue weighted by molar-refractivity contribution is -0.107. The molecule has 0 aromatic carbocycles. The molecule has 0 aliphatic heterocycles. The lowest BCUT2D eigenvalue weighted by Crippen LogP contribution is -1.93. The fourth-order valence-corrected chi connectivity index (χ4v) is 2.35. The van der Waals surface area contributed by atoms with E-state index in [1.54, 1.807) is 10.8 Å². The van der Waals surface area contributed by atoms with Crippen LogP contribution in [-0.4, -0.2) is 17.8 Å². The molecule has 0 bridgehead atoms. The molecule has 0 saturated carbocycles. The summed E-state index contributed by atoms with van der Waals surface area (Å²) in [6, 6.07) is 0. The molecule has 3 heteroatoms. The molecule has 0 unspecified atom stereocenters. The van der Waals surface area contributed by atoms with Crippen LogP contribution in [0.25, 0.3) is 0 Å². The van der Waals surface area contributed by atoms with Gasteiger partial charge < -0.3 is 4.79 Å². The molecule has 0 saturated heterocycles. The molecule has 0 N–H and O–H groups in total. The van der Waals surface area contributed by atoms with Gasteiger partial charge in [0.25, 0.3) is 0 Å². The maximum Gasteiger partial charge on any atom is 0.120 e. The SMILES string of the molecule is CSS[C@H](C)CCC=O. The monoisotopic (exact) mass is 164 g/mol. The van der Waals surface area contributed by atoms with E-state index in [4.69, 9.17) is 0 Å². The lowest BCUT2D eigenvalue weighted by Gasteiger charge is -2.04. The number of aldehydes is 1. The first-order valence-corrected chi connectivity index (χ1v) is 5.56. The molecule has 0 spiro atoms. The van der Waals surface area contributed by atoms with Gasteiger partial charge in [-0.05, 0) is 12.7 Å². The van der Waals surface area contributed by atoms with Crippen molar-refractivity contribution in [2.75, 3.05) is 6.26 Å². The van der Waals surface area contributed by atoms with Crippen molar-refractivity contribution in [3.05, 3.63) is 0 Å². The minimum Gasteiger partial charge on any atom is -0.303 e. The summed E-state index contributed by atoms with van der Waals surface area (Å²) in [4.78, 5) is 9.90. The van der Waals surface area contributed by atoms with Gasteiger partial charge in [0.1, 0.15) is 6.29 Å². The summed E-state index contributed by atoms with van der Waals surface area (Å²) < 4.78 is 0. The Morgan fingerprint density at radius 3 is 2.78 bits per heavy atom. The van der Waals surface area contributed by atoms with E-state index in [2.05, 4.69) is 13.2 Å². The van der Waals surface area contributed by atoms with Crippen molar-refractivity contribution in [2.24, 2.45) is 0 Å². The van der Waals surface area contributed by atoms with Crippen LogP contribution in [0.5, 0.6) is 0 Å². The first-order chi connectivity index (χ1) is 4.31. The predicted molar refractivity (Wildman–Crippen MR) is 45.9 cm³/mol. The molecule has 1 nitrogen and oxygen atoms in total. The van der Waals surface area contributed by atoms with Crippen LogP contribution in [0, 0.1) is 0 Å². The second kappa shape index (κ2) is 6.49. The predicted octanol–water partition coefficient (Wildman–Crippen LogP) is 2.37. The second-order valence-corrected chi connectivity index (χ2v) is 4.73. The first kappa shape index (κ1) is 9.37. The van der Waals surface area contributed by atoms with Crippen molar-refractivity contribution in [3.63, 3.8) is 0 Å². The Bertz CT molecular complexity index is 75.5. The average Bonchev–Trinajstić information content (AvgIpc) is 1.85. The highest BCUT2D eigenvalue weighted by Gasteiger charge is 1.98.